The van der Waals surface area contributed by atoms with Gasteiger partial charge in [0.15, 0.2) is 0 Å². The van der Waals surface area contributed by atoms with Crippen molar-refractivity contribution in [2.45, 2.75) is 45.4 Å². The number of aryl methyl sites for hydroxylation is 1. The van der Waals surface area contributed by atoms with E-state index in [0.717, 1.165) is 17.7 Å². The third-order valence-electron chi connectivity index (χ3n) is 4.77. The van der Waals surface area contributed by atoms with E-state index >= 15 is 0 Å². The summed E-state index contributed by atoms with van der Waals surface area (Å²) in [6, 6.07) is 8.15. The van der Waals surface area contributed by atoms with E-state index in [1.54, 1.807) is 12.1 Å². The summed E-state index contributed by atoms with van der Waals surface area (Å²) < 4.78 is 18.9. The molecule has 6 heteroatoms. The van der Waals surface area contributed by atoms with Gasteiger partial charge in [-0.25, -0.2) is 9.37 Å². The Kier molecular flexibility index (Phi) is 8.61. The Morgan fingerprint density at radius 2 is 1.74 bits per heavy atom. The third kappa shape index (κ3) is 6.88. The van der Waals surface area contributed by atoms with Gasteiger partial charge in [-0.2, -0.15) is 4.98 Å². The zero-order chi connectivity index (χ0) is 18.2. The first-order chi connectivity index (χ1) is 12.7. The van der Waals surface area contributed by atoms with Crippen molar-refractivity contribution >= 4 is 0 Å². The van der Waals surface area contributed by atoms with Crippen LogP contribution in [0.25, 0.3) is 11.3 Å². The molecule has 1 aliphatic rings. The zero-order valence-electron chi connectivity index (χ0n) is 16.1. The molecule has 27 heavy (non-hydrogen) atoms. The molecule has 0 atom stereocenters. The van der Waals surface area contributed by atoms with Gasteiger partial charge in [-0.1, -0.05) is 6.42 Å². The van der Waals surface area contributed by atoms with Crippen molar-refractivity contribution in [1.29, 1.82) is 0 Å². The molecule has 5 nitrogen and oxygen atoms in total. The van der Waals surface area contributed by atoms with Crippen LogP contribution in [0.15, 0.2) is 30.3 Å². The second-order valence-electron chi connectivity index (χ2n) is 6.96. The van der Waals surface area contributed by atoms with Gasteiger partial charge in [-0.15, -0.1) is 0 Å². The van der Waals surface area contributed by atoms with Gasteiger partial charge in [-0.05, 0) is 82.9 Å². The highest BCUT2D eigenvalue weighted by Crippen LogP contribution is 2.21. The number of rotatable bonds is 8. The van der Waals surface area contributed by atoms with E-state index in [2.05, 4.69) is 14.9 Å². The number of hydrogen-bond acceptors (Lipinski definition) is 4. The highest BCUT2D eigenvalue weighted by atomic mass is 19.1. The maximum Gasteiger partial charge on any atom is 0.217 e. The molecule has 2 N–H and O–H groups in total. The molecule has 0 amide bonds. The molecule has 0 saturated carbocycles. The normalized spacial score (nSPS) is 14.6. The third-order valence-corrected chi connectivity index (χ3v) is 4.77. The molecule has 3 rings (SSSR count). The van der Waals surface area contributed by atoms with E-state index in [9.17, 15) is 4.39 Å². The highest BCUT2D eigenvalue weighted by Gasteiger charge is 2.09. The average molecular weight is 375 g/mol. The van der Waals surface area contributed by atoms with Crippen LogP contribution in [0, 0.1) is 12.7 Å². The average Bonchev–Trinajstić information content (AvgIpc) is 2.65. The first kappa shape index (κ1) is 21.3. The molecule has 0 aliphatic carbocycles. The van der Waals surface area contributed by atoms with Crippen LogP contribution in [0.4, 0.5) is 4.39 Å². The second kappa shape index (κ2) is 10.9. The van der Waals surface area contributed by atoms with Gasteiger partial charge in [0.2, 0.25) is 5.88 Å². The molecule has 1 aromatic carbocycles. The van der Waals surface area contributed by atoms with Gasteiger partial charge in [0.25, 0.3) is 0 Å². The lowest BCUT2D eigenvalue weighted by atomic mass is 10.1. The molecule has 0 radical (unpaired) electrons. The molecule has 148 valence electrons. The van der Waals surface area contributed by atoms with Gasteiger partial charge in [-0.3, -0.25) is 0 Å². The van der Waals surface area contributed by atoms with Crippen molar-refractivity contribution in [3.8, 4) is 17.1 Å². The Hall–Kier alpha value is -2.05. The molecule has 0 bridgehead atoms. The summed E-state index contributed by atoms with van der Waals surface area (Å²) in [6.07, 6.45) is 7.53. The number of hydrogen-bond donors (Lipinski definition) is 0. The fourth-order valence-electron chi connectivity index (χ4n) is 3.36. The first-order valence-corrected chi connectivity index (χ1v) is 9.67. The summed E-state index contributed by atoms with van der Waals surface area (Å²) >= 11 is 0. The lowest BCUT2D eigenvalue weighted by Crippen LogP contribution is -2.30. The van der Waals surface area contributed by atoms with Crippen LogP contribution in [-0.4, -0.2) is 46.6 Å². The standard InChI is InChI=1S/C21H28FN3O.H2O/c1-17-23-20(18-8-10-19(22)11-9-18)16-21(24-17)26-15-7-3-6-14-25-12-4-2-5-13-25;/h8-11,16H,2-7,12-15H2,1H3;1H2. The SMILES string of the molecule is Cc1nc(OCCCCCN2CCCCC2)cc(-c2ccc(F)cc2)n1.O. The van der Waals surface area contributed by atoms with Gasteiger partial charge < -0.3 is 15.1 Å². The quantitative estimate of drug-likeness (QED) is 0.658. The van der Waals surface area contributed by atoms with Crippen molar-refractivity contribution in [3.05, 3.63) is 42.0 Å². The topological polar surface area (TPSA) is 69.8 Å². The van der Waals surface area contributed by atoms with E-state index in [1.165, 1.54) is 63.9 Å². The maximum atomic E-state index is 13.1. The number of unbranched alkanes of at least 4 members (excludes halogenated alkanes) is 2. The minimum Gasteiger partial charge on any atom is -0.478 e. The minimum absolute atomic E-state index is 0. The van der Waals surface area contributed by atoms with E-state index < -0.39 is 0 Å². The number of benzene rings is 1. The Morgan fingerprint density at radius 3 is 2.48 bits per heavy atom. The lowest BCUT2D eigenvalue weighted by Gasteiger charge is -2.26. The Morgan fingerprint density at radius 1 is 1.00 bits per heavy atom. The molecule has 1 aliphatic heterocycles. The molecule has 0 unspecified atom stereocenters. The van der Waals surface area contributed by atoms with Crippen LogP contribution in [0.5, 0.6) is 5.88 Å². The largest absolute Gasteiger partial charge is 0.478 e. The predicted molar refractivity (Wildman–Crippen MR) is 105 cm³/mol. The molecule has 1 saturated heterocycles. The lowest BCUT2D eigenvalue weighted by molar-refractivity contribution is 0.220. The smallest absolute Gasteiger partial charge is 0.217 e. The monoisotopic (exact) mass is 375 g/mol. The van der Waals surface area contributed by atoms with E-state index in [0.29, 0.717) is 18.3 Å². The van der Waals surface area contributed by atoms with Crippen LogP contribution in [-0.2, 0) is 0 Å². The summed E-state index contributed by atoms with van der Waals surface area (Å²) in [5.41, 5.74) is 1.63. The molecule has 0 spiro atoms. The summed E-state index contributed by atoms with van der Waals surface area (Å²) in [5.74, 6) is 1.00. The predicted octanol–water partition coefficient (Wildman–Crippen LogP) is 3.80. The Labute approximate surface area is 160 Å². The number of nitrogens with zero attached hydrogens (tertiary/aromatic N) is 3. The molecule has 1 aromatic heterocycles. The van der Waals surface area contributed by atoms with Gasteiger partial charge in [0.1, 0.15) is 11.6 Å². The van der Waals surface area contributed by atoms with Crippen molar-refractivity contribution in [3.63, 3.8) is 0 Å². The fourth-order valence-corrected chi connectivity index (χ4v) is 3.36. The molecule has 2 aromatic rings. The summed E-state index contributed by atoms with van der Waals surface area (Å²) in [7, 11) is 0. The van der Waals surface area contributed by atoms with E-state index in [4.69, 9.17) is 4.74 Å². The Balaban J connectivity index is 0.00000261. The van der Waals surface area contributed by atoms with Crippen LogP contribution in [0.3, 0.4) is 0 Å². The molecular weight excluding hydrogens is 345 g/mol. The fraction of sp³-hybridized carbons (Fsp3) is 0.524. The summed E-state index contributed by atoms with van der Waals surface area (Å²) in [5, 5.41) is 0. The van der Waals surface area contributed by atoms with Crippen LogP contribution < -0.4 is 4.74 Å². The van der Waals surface area contributed by atoms with Crippen molar-refractivity contribution < 1.29 is 14.6 Å². The second-order valence-corrected chi connectivity index (χ2v) is 6.96. The van der Waals surface area contributed by atoms with Gasteiger partial charge in [0.05, 0.1) is 12.3 Å². The minimum atomic E-state index is -0.249. The van der Waals surface area contributed by atoms with E-state index in [-0.39, 0.29) is 11.3 Å². The van der Waals surface area contributed by atoms with Gasteiger partial charge in [0, 0.05) is 11.6 Å². The number of halogens is 1. The number of likely N-dealkylation sites (tertiary alicyclic amines) is 1. The Bertz CT molecular complexity index is 688. The van der Waals surface area contributed by atoms with Crippen molar-refractivity contribution in [2.24, 2.45) is 0 Å². The first-order valence-electron chi connectivity index (χ1n) is 9.67. The van der Waals surface area contributed by atoms with Crippen LogP contribution in [0.2, 0.25) is 0 Å². The zero-order valence-corrected chi connectivity index (χ0v) is 16.1. The van der Waals surface area contributed by atoms with E-state index in [1.807, 2.05) is 13.0 Å². The van der Waals surface area contributed by atoms with Crippen LogP contribution >= 0.6 is 0 Å². The highest BCUT2D eigenvalue weighted by molar-refractivity contribution is 5.59. The van der Waals surface area contributed by atoms with Crippen LogP contribution in [0.1, 0.15) is 44.3 Å². The summed E-state index contributed by atoms with van der Waals surface area (Å²) in [4.78, 5) is 11.4. The number of aromatic nitrogens is 2. The van der Waals surface area contributed by atoms with Crippen molar-refractivity contribution in [1.82, 2.24) is 14.9 Å². The number of ether oxygens (including phenoxy) is 1. The van der Waals surface area contributed by atoms with Crippen molar-refractivity contribution in [2.75, 3.05) is 26.2 Å². The maximum absolute atomic E-state index is 13.1. The summed E-state index contributed by atoms with van der Waals surface area (Å²) in [6.45, 7) is 6.25. The molecular formula is C21H30FN3O2. The molecule has 2 heterocycles. The molecule has 1 fully saturated rings. The number of piperidine rings is 1. The van der Waals surface area contributed by atoms with Gasteiger partial charge >= 0.3 is 0 Å².